The lowest BCUT2D eigenvalue weighted by atomic mass is 9.97. The van der Waals surface area contributed by atoms with Gasteiger partial charge in [-0.15, -0.1) is 11.3 Å². The van der Waals surface area contributed by atoms with Crippen molar-refractivity contribution < 1.29 is 14.4 Å². The molecule has 1 unspecified atom stereocenters. The number of fused-ring (bicyclic) bond motifs is 1. The van der Waals surface area contributed by atoms with E-state index in [4.69, 9.17) is 4.98 Å². The highest BCUT2D eigenvalue weighted by Crippen LogP contribution is 2.29. The van der Waals surface area contributed by atoms with E-state index in [2.05, 4.69) is 58.8 Å². The van der Waals surface area contributed by atoms with Crippen LogP contribution in [0.4, 0.5) is 0 Å². The molecule has 3 amide bonds. The second kappa shape index (κ2) is 15.3. The van der Waals surface area contributed by atoms with Gasteiger partial charge in [-0.25, -0.2) is 4.98 Å². The normalized spacial score (nSPS) is 19.1. The number of nitrogens with one attached hydrogen (secondary N) is 3. The molecule has 3 N–H and O–H groups in total. The molecule has 0 bridgehead atoms. The van der Waals surface area contributed by atoms with Crippen LogP contribution in [0.2, 0.25) is 0 Å². The quantitative estimate of drug-likeness (QED) is 0.326. The standard InChI is InChI=1S/C32H50N6O3S/c1-6-29(39)34-26(18-30-35-25-12-11-24(21(2)3)17-28(25)42-30)32(41)36-27(23-9-7-8-10-23)19-33-31(40)22(4)20-38-15-13-37(5)14-16-38/h11-12,17,21-23,26-27H,6-10,13-16,18-20H2,1-5H3,(H,33,40)(H,34,39)(H,36,41)/t22?,26-,27+/m0/s1. The number of rotatable bonds is 13. The fourth-order valence-electron chi connectivity index (χ4n) is 5.98. The maximum atomic E-state index is 13.7. The van der Waals surface area contributed by atoms with E-state index in [0.29, 0.717) is 31.2 Å². The predicted molar refractivity (Wildman–Crippen MR) is 170 cm³/mol. The van der Waals surface area contributed by atoms with Gasteiger partial charge in [0, 0.05) is 64.1 Å². The fraction of sp³-hybridized carbons (Fsp3) is 0.688. The lowest BCUT2D eigenvalue weighted by Crippen LogP contribution is -2.55. The first-order valence-electron chi connectivity index (χ1n) is 15.8. The minimum absolute atomic E-state index is 0.0252. The zero-order valence-electron chi connectivity index (χ0n) is 26.1. The third-order valence-electron chi connectivity index (χ3n) is 8.84. The summed E-state index contributed by atoms with van der Waals surface area (Å²) >= 11 is 1.58. The SMILES string of the molecule is CCC(=O)N[C@@H](Cc1nc2ccc(C(C)C)cc2s1)C(=O)N[C@H](CNC(=O)C(C)CN1CCN(C)CC1)C1CCCC1. The molecular weight excluding hydrogens is 548 g/mol. The Labute approximate surface area is 255 Å². The summed E-state index contributed by atoms with van der Waals surface area (Å²) in [5.41, 5.74) is 2.17. The van der Waals surface area contributed by atoms with Gasteiger partial charge in [-0.2, -0.15) is 0 Å². The maximum Gasteiger partial charge on any atom is 0.243 e. The molecule has 2 aliphatic rings. The highest BCUT2D eigenvalue weighted by Gasteiger charge is 2.31. The smallest absolute Gasteiger partial charge is 0.243 e. The Morgan fingerprint density at radius 1 is 1.02 bits per heavy atom. The van der Waals surface area contributed by atoms with Crippen molar-refractivity contribution in [1.82, 2.24) is 30.7 Å². The summed E-state index contributed by atoms with van der Waals surface area (Å²) in [7, 11) is 2.13. The molecule has 232 valence electrons. The molecule has 1 saturated carbocycles. The fourth-order valence-corrected chi connectivity index (χ4v) is 7.04. The average molecular weight is 599 g/mol. The van der Waals surface area contributed by atoms with Crippen molar-refractivity contribution in [2.75, 3.05) is 46.3 Å². The Balaban J connectivity index is 1.41. The molecule has 1 aromatic heterocycles. The Bertz CT molecular complexity index is 1200. The molecule has 2 fully saturated rings. The average Bonchev–Trinajstić information content (AvgIpc) is 3.65. The first kappa shape index (κ1) is 32.4. The topological polar surface area (TPSA) is 107 Å². The van der Waals surface area contributed by atoms with Crippen molar-refractivity contribution in [2.24, 2.45) is 11.8 Å². The summed E-state index contributed by atoms with van der Waals surface area (Å²) in [5.74, 6) is 0.251. The Morgan fingerprint density at radius 3 is 2.40 bits per heavy atom. The second-order valence-corrected chi connectivity index (χ2v) is 13.7. The molecule has 2 heterocycles. The number of piperazine rings is 1. The summed E-state index contributed by atoms with van der Waals surface area (Å²) in [6, 6.07) is 5.41. The molecule has 4 rings (SSSR count). The van der Waals surface area contributed by atoms with Crippen LogP contribution in [0.1, 0.15) is 76.3 Å². The first-order valence-corrected chi connectivity index (χ1v) is 16.6. The van der Waals surface area contributed by atoms with Crippen LogP contribution in [-0.4, -0.2) is 90.9 Å². The number of amides is 3. The van der Waals surface area contributed by atoms with Gasteiger partial charge in [0.1, 0.15) is 6.04 Å². The number of aromatic nitrogens is 1. The van der Waals surface area contributed by atoms with E-state index >= 15 is 0 Å². The van der Waals surface area contributed by atoms with Crippen molar-refractivity contribution in [3.8, 4) is 0 Å². The van der Waals surface area contributed by atoms with Crippen molar-refractivity contribution in [3.63, 3.8) is 0 Å². The van der Waals surface area contributed by atoms with Crippen molar-refractivity contribution in [1.29, 1.82) is 0 Å². The number of hydrogen-bond donors (Lipinski definition) is 3. The molecule has 0 spiro atoms. The molecule has 10 heteroatoms. The summed E-state index contributed by atoms with van der Waals surface area (Å²) in [5, 5.41) is 10.1. The van der Waals surface area contributed by atoms with Crippen LogP contribution in [0.25, 0.3) is 10.2 Å². The lowest BCUT2D eigenvalue weighted by molar-refractivity contribution is -0.129. The predicted octanol–water partition coefficient (Wildman–Crippen LogP) is 3.53. The van der Waals surface area contributed by atoms with Crippen LogP contribution in [0.5, 0.6) is 0 Å². The van der Waals surface area contributed by atoms with E-state index in [1.54, 1.807) is 18.3 Å². The van der Waals surface area contributed by atoms with Gasteiger partial charge < -0.3 is 25.8 Å². The highest BCUT2D eigenvalue weighted by atomic mass is 32.1. The molecule has 3 atom stereocenters. The first-order chi connectivity index (χ1) is 20.1. The Morgan fingerprint density at radius 2 is 1.74 bits per heavy atom. The molecular formula is C32H50N6O3S. The number of likely N-dealkylation sites (N-methyl/N-ethyl adjacent to an activating group) is 1. The van der Waals surface area contributed by atoms with Crippen LogP contribution in [0.15, 0.2) is 18.2 Å². The molecule has 0 radical (unpaired) electrons. The summed E-state index contributed by atoms with van der Waals surface area (Å²) in [4.78, 5) is 48.7. The summed E-state index contributed by atoms with van der Waals surface area (Å²) in [6.07, 6.45) is 4.95. The summed E-state index contributed by atoms with van der Waals surface area (Å²) in [6.45, 7) is 13.3. The number of hydrogen-bond acceptors (Lipinski definition) is 7. The van der Waals surface area contributed by atoms with Gasteiger partial charge in [-0.05, 0) is 49.4 Å². The minimum Gasteiger partial charge on any atom is -0.354 e. The van der Waals surface area contributed by atoms with Gasteiger partial charge in [0.25, 0.3) is 0 Å². The third-order valence-corrected chi connectivity index (χ3v) is 9.88. The zero-order chi connectivity index (χ0) is 30.2. The number of carbonyl (C=O) groups excluding carboxylic acids is 3. The second-order valence-electron chi connectivity index (χ2n) is 12.6. The van der Waals surface area contributed by atoms with E-state index in [0.717, 1.165) is 73.6 Å². The molecule has 1 aromatic carbocycles. The van der Waals surface area contributed by atoms with E-state index in [9.17, 15) is 14.4 Å². The van der Waals surface area contributed by atoms with Gasteiger partial charge in [0.15, 0.2) is 0 Å². The van der Waals surface area contributed by atoms with Gasteiger partial charge in [0.05, 0.1) is 15.2 Å². The Kier molecular flexibility index (Phi) is 11.7. The molecule has 1 aliphatic carbocycles. The van der Waals surface area contributed by atoms with Crippen molar-refractivity contribution >= 4 is 39.3 Å². The van der Waals surface area contributed by atoms with Crippen LogP contribution in [0.3, 0.4) is 0 Å². The monoisotopic (exact) mass is 598 g/mol. The molecule has 42 heavy (non-hydrogen) atoms. The maximum absolute atomic E-state index is 13.7. The van der Waals surface area contributed by atoms with E-state index in [1.165, 1.54) is 5.56 Å². The van der Waals surface area contributed by atoms with Crippen molar-refractivity contribution in [2.45, 2.75) is 84.2 Å². The van der Waals surface area contributed by atoms with Gasteiger partial charge in [-0.1, -0.05) is 46.6 Å². The highest BCUT2D eigenvalue weighted by molar-refractivity contribution is 7.18. The number of nitrogens with zero attached hydrogens (tertiary/aromatic N) is 3. The van der Waals surface area contributed by atoms with Crippen molar-refractivity contribution in [3.05, 3.63) is 28.8 Å². The van der Waals surface area contributed by atoms with Gasteiger partial charge in [0.2, 0.25) is 17.7 Å². The van der Waals surface area contributed by atoms with Crippen LogP contribution in [-0.2, 0) is 20.8 Å². The van der Waals surface area contributed by atoms with Crippen LogP contribution < -0.4 is 16.0 Å². The molecule has 9 nitrogen and oxygen atoms in total. The largest absolute Gasteiger partial charge is 0.354 e. The van der Waals surface area contributed by atoms with E-state index < -0.39 is 6.04 Å². The number of thiazole rings is 1. The summed E-state index contributed by atoms with van der Waals surface area (Å²) < 4.78 is 1.09. The number of carbonyl (C=O) groups is 3. The third kappa shape index (κ3) is 8.97. The molecule has 1 aliphatic heterocycles. The van der Waals surface area contributed by atoms with Crippen LogP contribution >= 0.6 is 11.3 Å². The zero-order valence-corrected chi connectivity index (χ0v) is 26.9. The molecule has 2 aromatic rings. The minimum atomic E-state index is -0.724. The van der Waals surface area contributed by atoms with Gasteiger partial charge in [-0.3, -0.25) is 14.4 Å². The number of benzene rings is 1. The van der Waals surface area contributed by atoms with Crippen LogP contribution in [0, 0.1) is 11.8 Å². The van der Waals surface area contributed by atoms with E-state index in [-0.39, 0.29) is 29.7 Å². The molecule has 1 saturated heterocycles. The van der Waals surface area contributed by atoms with E-state index in [1.807, 2.05) is 13.0 Å². The van der Waals surface area contributed by atoms with Gasteiger partial charge >= 0.3 is 0 Å². The Hall–Kier alpha value is -2.56. The lowest BCUT2D eigenvalue weighted by Gasteiger charge is -2.34.